The summed E-state index contributed by atoms with van der Waals surface area (Å²) >= 11 is 1.21. The molecule has 0 spiro atoms. The lowest BCUT2D eigenvalue weighted by atomic mass is 9.87. The van der Waals surface area contributed by atoms with E-state index in [0.29, 0.717) is 16.3 Å². The van der Waals surface area contributed by atoms with Gasteiger partial charge < -0.3 is 10.1 Å². The second-order valence-electron chi connectivity index (χ2n) is 8.75. The minimum atomic E-state index is -0.584. The van der Waals surface area contributed by atoms with Crippen molar-refractivity contribution in [2.75, 3.05) is 11.9 Å². The molecule has 6 nitrogen and oxygen atoms in total. The number of rotatable bonds is 5. The van der Waals surface area contributed by atoms with Gasteiger partial charge in [0.25, 0.3) is 5.91 Å². The van der Waals surface area contributed by atoms with Crippen molar-refractivity contribution in [2.45, 2.75) is 33.1 Å². The van der Waals surface area contributed by atoms with Gasteiger partial charge in [0, 0.05) is 11.1 Å². The standard InChI is InChI=1S/C25H24FN3O3S/c1-15-20-13-21(33-23(20)29(28-15)19-11-7-17(26)8-12-19)24(31)32-14-22(30)27-18-9-5-16(6-10-18)25(2,3)4/h5-13H,14H2,1-4H3,(H,27,30). The van der Waals surface area contributed by atoms with E-state index in [2.05, 4.69) is 31.2 Å². The zero-order valence-electron chi connectivity index (χ0n) is 18.8. The number of hydrogen-bond donors (Lipinski definition) is 1. The Balaban J connectivity index is 1.42. The van der Waals surface area contributed by atoms with E-state index in [1.54, 1.807) is 22.9 Å². The zero-order chi connectivity index (χ0) is 23.8. The van der Waals surface area contributed by atoms with Crippen LogP contribution < -0.4 is 5.32 Å². The van der Waals surface area contributed by atoms with E-state index in [0.717, 1.165) is 21.5 Å². The van der Waals surface area contributed by atoms with E-state index in [9.17, 15) is 14.0 Å². The summed E-state index contributed by atoms with van der Waals surface area (Å²) in [6.45, 7) is 7.80. The van der Waals surface area contributed by atoms with Crippen molar-refractivity contribution in [3.63, 3.8) is 0 Å². The summed E-state index contributed by atoms with van der Waals surface area (Å²) in [5, 5.41) is 8.02. The first-order valence-corrected chi connectivity index (χ1v) is 11.3. The summed E-state index contributed by atoms with van der Waals surface area (Å²) in [5.41, 5.74) is 3.25. The molecule has 0 aliphatic heterocycles. The van der Waals surface area contributed by atoms with Crippen LogP contribution in [0.4, 0.5) is 10.1 Å². The smallest absolute Gasteiger partial charge is 0.348 e. The predicted molar refractivity (Wildman–Crippen MR) is 128 cm³/mol. The van der Waals surface area contributed by atoms with Gasteiger partial charge in [0.15, 0.2) is 6.61 Å². The third kappa shape index (κ3) is 4.96. The van der Waals surface area contributed by atoms with E-state index in [-0.39, 0.29) is 11.2 Å². The first kappa shape index (κ1) is 22.7. The highest BCUT2D eigenvalue weighted by Gasteiger charge is 2.19. The number of esters is 1. The molecule has 0 unspecified atom stereocenters. The minimum Gasteiger partial charge on any atom is -0.451 e. The lowest BCUT2D eigenvalue weighted by Crippen LogP contribution is -2.20. The van der Waals surface area contributed by atoms with Crippen molar-refractivity contribution in [3.8, 4) is 5.69 Å². The van der Waals surface area contributed by atoms with Crippen molar-refractivity contribution in [3.05, 3.63) is 76.5 Å². The maximum absolute atomic E-state index is 13.3. The van der Waals surface area contributed by atoms with Crippen molar-refractivity contribution in [1.82, 2.24) is 9.78 Å². The number of aromatic nitrogens is 2. The molecule has 2 heterocycles. The molecule has 8 heteroatoms. The maximum Gasteiger partial charge on any atom is 0.348 e. The normalized spacial score (nSPS) is 11.5. The first-order valence-electron chi connectivity index (χ1n) is 10.4. The third-order valence-electron chi connectivity index (χ3n) is 5.19. The molecule has 0 saturated heterocycles. The highest BCUT2D eigenvalue weighted by atomic mass is 32.1. The van der Waals surface area contributed by atoms with E-state index in [1.807, 2.05) is 31.2 Å². The van der Waals surface area contributed by atoms with Gasteiger partial charge >= 0.3 is 5.97 Å². The van der Waals surface area contributed by atoms with Crippen LogP contribution >= 0.6 is 11.3 Å². The maximum atomic E-state index is 13.3. The molecular weight excluding hydrogens is 441 g/mol. The number of carbonyl (C=O) groups excluding carboxylic acids is 2. The fourth-order valence-corrected chi connectivity index (χ4v) is 4.43. The average Bonchev–Trinajstić information content (AvgIpc) is 3.33. The molecule has 4 rings (SSSR count). The van der Waals surface area contributed by atoms with Crippen LogP contribution in [0.15, 0.2) is 54.6 Å². The molecule has 0 radical (unpaired) electrons. The summed E-state index contributed by atoms with van der Waals surface area (Å²) < 4.78 is 20.1. The number of fused-ring (bicyclic) bond motifs is 1. The van der Waals surface area contributed by atoms with Crippen LogP contribution in [0.2, 0.25) is 0 Å². The Morgan fingerprint density at radius 2 is 1.76 bits per heavy atom. The molecule has 170 valence electrons. The quantitative estimate of drug-likeness (QED) is 0.388. The molecule has 0 fully saturated rings. The first-order chi connectivity index (χ1) is 15.6. The van der Waals surface area contributed by atoms with E-state index in [4.69, 9.17) is 4.74 Å². The van der Waals surface area contributed by atoms with E-state index >= 15 is 0 Å². The number of benzene rings is 2. The minimum absolute atomic E-state index is 0.0222. The number of halogens is 1. The molecule has 4 aromatic rings. The monoisotopic (exact) mass is 465 g/mol. The van der Waals surface area contributed by atoms with Crippen LogP contribution in [0.25, 0.3) is 15.9 Å². The van der Waals surface area contributed by atoms with Crippen LogP contribution in [0.1, 0.15) is 41.7 Å². The van der Waals surface area contributed by atoms with Gasteiger partial charge in [-0.25, -0.2) is 13.9 Å². The highest BCUT2D eigenvalue weighted by molar-refractivity contribution is 7.20. The van der Waals surface area contributed by atoms with Gasteiger partial charge in [0.05, 0.1) is 11.4 Å². The molecule has 0 aliphatic rings. The number of amides is 1. The van der Waals surface area contributed by atoms with Gasteiger partial charge in [-0.2, -0.15) is 5.10 Å². The molecule has 1 amide bonds. The average molecular weight is 466 g/mol. The molecule has 0 aliphatic carbocycles. The molecule has 0 bridgehead atoms. The van der Waals surface area contributed by atoms with Crippen molar-refractivity contribution < 1.29 is 18.7 Å². The largest absolute Gasteiger partial charge is 0.451 e. The van der Waals surface area contributed by atoms with Crippen molar-refractivity contribution in [2.24, 2.45) is 0 Å². The highest BCUT2D eigenvalue weighted by Crippen LogP contribution is 2.31. The number of hydrogen-bond acceptors (Lipinski definition) is 5. The second kappa shape index (κ2) is 8.78. The number of nitrogens with zero attached hydrogens (tertiary/aromatic N) is 2. The van der Waals surface area contributed by atoms with Crippen LogP contribution in [0.5, 0.6) is 0 Å². The number of ether oxygens (including phenoxy) is 1. The molecule has 2 aromatic carbocycles. The SMILES string of the molecule is Cc1nn(-c2ccc(F)cc2)c2sc(C(=O)OCC(=O)Nc3ccc(C(C)(C)C)cc3)cc12. The third-order valence-corrected chi connectivity index (χ3v) is 6.28. The zero-order valence-corrected chi connectivity index (χ0v) is 19.6. The van der Waals surface area contributed by atoms with Gasteiger partial charge in [-0.15, -0.1) is 11.3 Å². The van der Waals surface area contributed by atoms with Crippen LogP contribution in [-0.2, 0) is 14.9 Å². The Kier molecular flexibility index (Phi) is 6.03. The summed E-state index contributed by atoms with van der Waals surface area (Å²) in [7, 11) is 0. The summed E-state index contributed by atoms with van der Waals surface area (Å²) in [6, 6.07) is 15.2. The Morgan fingerprint density at radius 1 is 1.09 bits per heavy atom. The lowest BCUT2D eigenvalue weighted by molar-refractivity contribution is -0.119. The summed E-state index contributed by atoms with van der Waals surface area (Å²) in [5.74, 6) is -1.33. The second-order valence-corrected chi connectivity index (χ2v) is 9.79. The fraction of sp³-hybridized carbons (Fsp3) is 0.240. The molecule has 0 atom stereocenters. The lowest BCUT2D eigenvalue weighted by Gasteiger charge is -2.19. The van der Waals surface area contributed by atoms with Crippen LogP contribution in [0, 0.1) is 12.7 Å². The summed E-state index contributed by atoms with van der Waals surface area (Å²) in [4.78, 5) is 25.9. The summed E-state index contributed by atoms with van der Waals surface area (Å²) in [6.07, 6.45) is 0. The Bertz CT molecular complexity index is 1320. The topological polar surface area (TPSA) is 73.2 Å². The number of nitrogens with one attached hydrogen (secondary N) is 1. The molecular formula is C25H24FN3O3S. The molecule has 0 saturated carbocycles. The van der Waals surface area contributed by atoms with E-state index < -0.39 is 18.5 Å². The van der Waals surface area contributed by atoms with Gasteiger partial charge in [0.2, 0.25) is 0 Å². The molecule has 2 aromatic heterocycles. The van der Waals surface area contributed by atoms with Crippen molar-refractivity contribution in [1.29, 1.82) is 0 Å². The Morgan fingerprint density at radius 3 is 2.39 bits per heavy atom. The fourth-order valence-electron chi connectivity index (χ4n) is 3.36. The molecule has 33 heavy (non-hydrogen) atoms. The van der Waals surface area contributed by atoms with Crippen LogP contribution in [0.3, 0.4) is 0 Å². The number of thiophene rings is 1. The number of carbonyl (C=O) groups is 2. The van der Waals surface area contributed by atoms with Gasteiger partial charge in [-0.1, -0.05) is 32.9 Å². The van der Waals surface area contributed by atoms with Gasteiger partial charge in [0.1, 0.15) is 15.5 Å². The van der Waals surface area contributed by atoms with E-state index in [1.165, 1.54) is 23.5 Å². The number of aryl methyl sites for hydroxylation is 1. The van der Waals surface area contributed by atoms with Gasteiger partial charge in [-0.3, -0.25) is 4.79 Å². The van der Waals surface area contributed by atoms with Crippen molar-refractivity contribution >= 4 is 39.1 Å². The predicted octanol–water partition coefficient (Wildman–Crippen LogP) is 5.63. The van der Waals surface area contributed by atoms with Gasteiger partial charge in [-0.05, 0) is 60.4 Å². The Labute approximate surface area is 195 Å². The Hall–Kier alpha value is -3.52. The number of anilines is 1. The molecule has 1 N–H and O–H groups in total. The van der Waals surface area contributed by atoms with Crippen LogP contribution in [-0.4, -0.2) is 28.3 Å².